The van der Waals surface area contributed by atoms with Crippen LogP contribution in [0.1, 0.15) is 0 Å². The number of benzene rings is 3. The fraction of sp³-hybridized carbons (Fsp3) is 0. The summed E-state index contributed by atoms with van der Waals surface area (Å²) in [7, 11) is 0. The van der Waals surface area contributed by atoms with E-state index in [0.717, 1.165) is 16.3 Å². The number of rotatable bonds is 3. The fourth-order valence-electron chi connectivity index (χ4n) is 2.21. The van der Waals surface area contributed by atoms with Gasteiger partial charge in [-0.25, -0.2) is 0 Å². The van der Waals surface area contributed by atoms with Crippen LogP contribution in [0, 0.1) is 6.07 Å². The molecule has 0 spiro atoms. The Balaban J connectivity index is 2.15. The van der Waals surface area contributed by atoms with Crippen LogP contribution in [0.4, 0.5) is 5.69 Å². The molecular formula is C17H12NO2. The minimum atomic E-state index is 0.0473. The third kappa shape index (κ3) is 2.10. The van der Waals surface area contributed by atoms with Gasteiger partial charge in [0.15, 0.2) is 0 Å². The second-order valence-corrected chi connectivity index (χ2v) is 4.42. The molecule has 0 heterocycles. The molecule has 3 rings (SSSR count). The highest BCUT2D eigenvalue weighted by molar-refractivity contribution is 5.89. The lowest BCUT2D eigenvalue weighted by Crippen LogP contribution is -1.94. The quantitative estimate of drug-likeness (QED) is 0.560. The molecule has 0 bridgehead atoms. The van der Waals surface area contributed by atoms with Gasteiger partial charge in [-0.2, -0.15) is 0 Å². The summed E-state index contributed by atoms with van der Waals surface area (Å²) in [6.45, 7) is 0. The number of hydrogen-bond acceptors (Lipinski definition) is 2. The molecule has 0 aliphatic carbocycles. The maximum atomic E-state index is 10.5. The van der Waals surface area contributed by atoms with Crippen LogP contribution in [-0.2, 0) is 4.79 Å². The summed E-state index contributed by atoms with van der Waals surface area (Å²) < 4.78 is 0. The normalized spacial score (nSPS) is 10.4. The van der Waals surface area contributed by atoms with Gasteiger partial charge in [0, 0.05) is 5.56 Å². The van der Waals surface area contributed by atoms with Crippen LogP contribution in [0.2, 0.25) is 0 Å². The van der Waals surface area contributed by atoms with Gasteiger partial charge in [-0.15, -0.1) is 0 Å². The maximum absolute atomic E-state index is 10.5. The second-order valence-electron chi connectivity index (χ2n) is 4.42. The average Bonchev–Trinajstić information content (AvgIpc) is 2.49. The number of aromatic hydroxyl groups is 1. The van der Waals surface area contributed by atoms with Crippen LogP contribution < -0.4 is 5.32 Å². The summed E-state index contributed by atoms with van der Waals surface area (Å²) in [5.41, 5.74) is 1.82. The number of para-hydroxylation sites is 1. The molecule has 0 atom stereocenters. The van der Waals surface area contributed by atoms with E-state index in [-0.39, 0.29) is 5.75 Å². The Labute approximate surface area is 116 Å². The lowest BCUT2D eigenvalue weighted by atomic mass is 10.00. The number of phenols is 1. The molecule has 0 saturated carbocycles. The molecule has 20 heavy (non-hydrogen) atoms. The van der Waals surface area contributed by atoms with Crippen LogP contribution in [0.15, 0.2) is 54.6 Å². The van der Waals surface area contributed by atoms with Crippen LogP contribution in [0.5, 0.6) is 5.75 Å². The van der Waals surface area contributed by atoms with Crippen molar-refractivity contribution in [3.8, 4) is 16.9 Å². The predicted molar refractivity (Wildman–Crippen MR) is 79.6 cm³/mol. The van der Waals surface area contributed by atoms with E-state index >= 15 is 0 Å². The lowest BCUT2D eigenvalue weighted by molar-refractivity contribution is -0.105. The molecule has 0 saturated heterocycles. The Morgan fingerprint density at radius 3 is 2.70 bits per heavy atom. The second kappa shape index (κ2) is 5.05. The molecule has 0 aliphatic heterocycles. The van der Waals surface area contributed by atoms with Gasteiger partial charge in [-0.3, -0.25) is 4.79 Å². The molecule has 0 unspecified atom stereocenters. The summed E-state index contributed by atoms with van der Waals surface area (Å²) >= 11 is 0. The number of fused-ring (bicyclic) bond motifs is 1. The molecule has 0 aliphatic rings. The van der Waals surface area contributed by atoms with E-state index in [9.17, 15) is 9.90 Å². The molecular weight excluding hydrogens is 250 g/mol. The highest BCUT2D eigenvalue weighted by atomic mass is 16.3. The van der Waals surface area contributed by atoms with Crippen LogP contribution in [-0.4, -0.2) is 11.5 Å². The Morgan fingerprint density at radius 2 is 1.85 bits per heavy atom. The molecule has 3 heteroatoms. The Kier molecular flexibility index (Phi) is 3.09. The lowest BCUT2D eigenvalue weighted by Gasteiger charge is -2.09. The predicted octanol–water partition coefficient (Wildman–Crippen LogP) is 3.58. The highest BCUT2D eigenvalue weighted by Crippen LogP contribution is 2.35. The minimum absolute atomic E-state index is 0.0473. The van der Waals surface area contributed by atoms with Crippen molar-refractivity contribution >= 4 is 22.9 Å². The minimum Gasteiger partial charge on any atom is -0.505 e. The zero-order valence-electron chi connectivity index (χ0n) is 10.6. The van der Waals surface area contributed by atoms with Crippen LogP contribution in [0.3, 0.4) is 0 Å². The third-order valence-electron chi connectivity index (χ3n) is 3.20. The van der Waals surface area contributed by atoms with Gasteiger partial charge < -0.3 is 10.4 Å². The zero-order valence-corrected chi connectivity index (χ0v) is 10.6. The molecule has 0 aromatic heterocycles. The van der Waals surface area contributed by atoms with E-state index < -0.39 is 0 Å². The Morgan fingerprint density at radius 1 is 1.00 bits per heavy atom. The van der Waals surface area contributed by atoms with Crippen molar-refractivity contribution in [2.75, 3.05) is 5.32 Å². The zero-order chi connectivity index (χ0) is 13.9. The molecule has 3 aromatic carbocycles. The Bertz CT molecular complexity index is 781. The third-order valence-corrected chi connectivity index (χ3v) is 3.20. The van der Waals surface area contributed by atoms with Crippen molar-refractivity contribution in [2.45, 2.75) is 0 Å². The van der Waals surface area contributed by atoms with Gasteiger partial charge >= 0.3 is 0 Å². The summed E-state index contributed by atoms with van der Waals surface area (Å²) in [5.74, 6) is 0.0473. The standard InChI is InChI=1S/C17H12NO2/c19-11-18-16-7-3-6-15(17(16)20)14-9-8-12-4-1-2-5-13(12)10-14/h1-9,11,20H,(H,18,19). The largest absolute Gasteiger partial charge is 0.505 e. The van der Waals surface area contributed by atoms with Crippen molar-refractivity contribution in [1.29, 1.82) is 0 Å². The van der Waals surface area contributed by atoms with Crippen molar-refractivity contribution in [2.24, 2.45) is 0 Å². The van der Waals surface area contributed by atoms with E-state index in [1.54, 1.807) is 18.2 Å². The van der Waals surface area contributed by atoms with Gasteiger partial charge in [-0.05, 0) is 28.5 Å². The van der Waals surface area contributed by atoms with E-state index in [1.165, 1.54) is 0 Å². The highest BCUT2D eigenvalue weighted by Gasteiger charge is 2.09. The number of phenolic OH excluding ortho intramolecular Hbond substituents is 1. The van der Waals surface area contributed by atoms with Gasteiger partial charge in [0.1, 0.15) is 5.75 Å². The fourth-order valence-corrected chi connectivity index (χ4v) is 2.21. The molecule has 97 valence electrons. The van der Waals surface area contributed by atoms with E-state index in [4.69, 9.17) is 0 Å². The van der Waals surface area contributed by atoms with Gasteiger partial charge in [0.05, 0.1) is 5.69 Å². The van der Waals surface area contributed by atoms with E-state index in [1.807, 2.05) is 36.4 Å². The van der Waals surface area contributed by atoms with Crippen molar-refractivity contribution < 1.29 is 9.90 Å². The molecule has 2 N–H and O–H groups in total. The smallest absolute Gasteiger partial charge is 0.211 e. The SMILES string of the molecule is O=CNc1cccc(-c2[c]c3ccccc3cc2)c1O. The number of amides is 1. The first-order valence-corrected chi connectivity index (χ1v) is 6.23. The van der Waals surface area contributed by atoms with E-state index in [2.05, 4.69) is 11.4 Å². The molecule has 3 aromatic rings. The number of nitrogens with one attached hydrogen (secondary N) is 1. The van der Waals surface area contributed by atoms with Gasteiger partial charge in [0.25, 0.3) is 0 Å². The summed E-state index contributed by atoms with van der Waals surface area (Å²) in [4.78, 5) is 10.5. The monoisotopic (exact) mass is 262 g/mol. The van der Waals surface area contributed by atoms with Crippen LogP contribution >= 0.6 is 0 Å². The maximum Gasteiger partial charge on any atom is 0.211 e. The average molecular weight is 262 g/mol. The number of carbonyl (C=O) groups is 1. The summed E-state index contributed by atoms with van der Waals surface area (Å²) in [6, 6.07) is 20.3. The summed E-state index contributed by atoms with van der Waals surface area (Å²) in [5, 5.41) is 14.8. The van der Waals surface area contributed by atoms with Crippen molar-refractivity contribution in [3.63, 3.8) is 0 Å². The molecule has 3 nitrogen and oxygen atoms in total. The molecule has 1 amide bonds. The first-order chi connectivity index (χ1) is 9.79. The Hall–Kier alpha value is -2.81. The van der Waals surface area contributed by atoms with E-state index in [0.29, 0.717) is 17.7 Å². The molecule has 1 radical (unpaired) electrons. The molecule has 0 fully saturated rings. The van der Waals surface area contributed by atoms with Crippen molar-refractivity contribution in [3.05, 3.63) is 60.7 Å². The van der Waals surface area contributed by atoms with Crippen molar-refractivity contribution in [1.82, 2.24) is 0 Å². The van der Waals surface area contributed by atoms with Gasteiger partial charge in [-0.1, -0.05) is 48.5 Å². The number of carbonyl (C=O) groups excluding carboxylic acids is 1. The first-order valence-electron chi connectivity index (χ1n) is 6.23. The number of hydrogen-bond donors (Lipinski definition) is 2. The first kappa shape index (κ1) is 12.2. The van der Waals surface area contributed by atoms with Crippen LogP contribution in [0.25, 0.3) is 21.9 Å². The summed E-state index contributed by atoms with van der Waals surface area (Å²) in [6.07, 6.45) is 0.545. The topological polar surface area (TPSA) is 49.3 Å². The number of anilines is 1. The van der Waals surface area contributed by atoms with Gasteiger partial charge in [0.2, 0.25) is 6.41 Å².